The van der Waals surface area contributed by atoms with Gasteiger partial charge in [-0.3, -0.25) is 9.59 Å². The van der Waals surface area contributed by atoms with Crippen LogP contribution in [0.1, 0.15) is 27.2 Å². The van der Waals surface area contributed by atoms with E-state index in [2.05, 4.69) is 37.2 Å². The first-order valence-corrected chi connectivity index (χ1v) is 7.99. The standard InChI is InChI=1S/C13H19Br2NO6/c1-13(2,3)22-8(17)4-6-21-7-5-16-11(18)9(14)10(15)12(19)20/h4-7H2,1-3H3,(H,16,18)(H,19,20)/b10-9-. The monoisotopic (exact) mass is 443 g/mol. The third-order valence-electron chi connectivity index (χ3n) is 1.98. The highest BCUT2D eigenvalue weighted by atomic mass is 79.9. The van der Waals surface area contributed by atoms with Crippen LogP contribution in [0.4, 0.5) is 0 Å². The van der Waals surface area contributed by atoms with Crippen molar-refractivity contribution in [3.8, 4) is 0 Å². The highest BCUT2D eigenvalue weighted by Gasteiger charge is 2.16. The number of rotatable bonds is 8. The normalized spacial score (nSPS) is 12.4. The van der Waals surface area contributed by atoms with Crippen LogP contribution >= 0.6 is 31.9 Å². The van der Waals surface area contributed by atoms with Crippen molar-refractivity contribution >= 4 is 49.7 Å². The Labute approximate surface area is 145 Å². The van der Waals surface area contributed by atoms with Gasteiger partial charge in [0.15, 0.2) is 0 Å². The maximum Gasteiger partial charge on any atom is 0.344 e. The summed E-state index contributed by atoms with van der Waals surface area (Å²) in [5, 5.41) is 11.2. The molecular formula is C13H19Br2NO6. The molecule has 0 heterocycles. The molecular weight excluding hydrogens is 426 g/mol. The first kappa shape index (κ1) is 21.1. The number of aliphatic carboxylic acids is 1. The van der Waals surface area contributed by atoms with Gasteiger partial charge in [-0.15, -0.1) is 0 Å². The summed E-state index contributed by atoms with van der Waals surface area (Å²) in [6.07, 6.45) is 0.124. The highest BCUT2D eigenvalue weighted by molar-refractivity contribution is 9.14. The number of carbonyl (C=O) groups excluding carboxylic acids is 2. The summed E-state index contributed by atoms with van der Waals surface area (Å²) in [6.45, 7) is 5.90. The van der Waals surface area contributed by atoms with Crippen molar-refractivity contribution < 1.29 is 29.0 Å². The molecule has 0 saturated carbocycles. The number of nitrogens with one attached hydrogen (secondary N) is 1. The molecule has 0 aromatic heterocycles. The first-order chi connectivity index (χ1) is 10.0. The smallest absolute Gasteiger partial charge is 0.344 e. The molecule has 0 saturated heterocycles. The van der Waals surface area contributed by atoms with Gasteiger partial charge in [0.2, 0.25) is 0 Å². The minimum Gasteiger partial charge on any atom is -0.477 e. The summed E-state index contributed by atoms with van der Waals surface area (Å²) < 4.78 is 9.90. The SMILES string of the molecule is CC(C)(C)OC(=O)CCOCCNC(=O)/C(Br)=C(/Br)C(=O)O. The van der Waals surface area contributed by atoms with Crippen molar-refractivity contribution in [2.75, 3.05) is 19.8 Å². The maximum atomic E-state index is 11.5. The van der Waals surface area contributed by atoms with Crippen LogP contribution in [0.3, 0.4) is 0 Å². The van der Waals surface area contributed by atoms with Crippen LogP contribution in [0.25, 0.3) is 0 Å². The van der Waals surface area contributed by atoms with Crippen LogP contribution in [-0.4, -0.2) is 48.3 Å². The lowest BCUT2D eigenvalue weighted by atomic mass is 10.2. The Balaban J connectivity index is 3.87. The molecule has 0 aliphatic carbocycles. The minimum atomic E-state index is -1.25. The largest absolute Gasteiger partial charge is 0.477 e. The molecule has 0 radical (unpaired) electrons. The Morgan fingerprint density at radius 2 is 1.68 bits per heavy atom. The van der Waals surface area contributed by atoms with Gasteiger partial charge in [-0.2, -0.15) is 0 Å². The van der Waals surface area contributed by atoms with Crippen LogP contribution < -0.4 is 5.32 Å². The van der Waals surface area contributed by atoms with Crippen molar-refractivity contribution in [2.45, 2.75) is 32.8 Å². The second kappa shape index (κ2) is 9.96. The summed E-state index contributed by atoms with van der Waals surface area (Å²) in [4.78, 5) is 33.6. The van der Waals surface area contributed by atoms with Crippen LogP contribution in [0.15, 0.2) is 8.96 Å². The van der Waals surface area contributed by atoms with Gasteiger partial charge in [0.25, 0.3) is 5.91 Å². The number of ether oxygens (including phenoxy) is 2. The van der Waals surface area contributed by atoms with Crippen molar-refractivity contribution in [1.82, 2.24) is 5.32 Å². The van der Waals surface area contributed by atoms with Crippen molar-refractivity contribution in [3.63, 3.8) is 0 Å². The van der Waals surface area contributed by atoms with Crippen LogP contribution in [-0.2, 0) is 23.9 Å². The maximum absolute atomic E-state index is 11.5. The molecule has 0 aliphatic rings. The zero-order valence-electron chi connectivity index (χ0n) is 12.6. The zero-order valence-corrected chi connectivity index (χ0v) is 15.7. The predicted molar refractivity (Wildman–Crippen MR) is 86.8 cm³/mol. The minimum absolute atomic E-state index is 0.117. The number of carboxylic acids is 1. The molecule has 1 amide bonds. The topological polar surface area (TPSA) is 102 Å². The van der Waals surface area contributed by atoms with E-state index in [1.165, 1.54) is 0 Å². The van der Waals surface area contributed by atoms with E-state index in [1.54, 1.807) is 20.8 Å². The number of amides is 1. The lowest BCUT2D eigenvalue weighted by Crippen LogP contribution is -2.28. The van der Waals surface area contributed by atoms with Crippen molar-refractivity contribution in [2.24, 2.45) is 0 Å². The van der Waals surface area contributed by atoms with Gasteiger partial charge in [-0.1, -0.05) is 0 Å². The molecule has 0 rings (SSSR count). The summed E-state index contributed by atoms with van der Waals surface area (Å²) in [5.74, 6) is -2.19. The van der Waals surface area contributed by atoms with E-state index >= 15 is 0 Å². The van der Waals surface area contributed by atoms with Crippen LogP contribution in [0.2, 0.25) is 0 Å². The van der Waals surface area contributed by atoms with Gasteiger partial charge < -0.3 is 19.9 Å². The van der Waals surface area contributed by atoms with Gasteiger partial charge in [0, 0.05) is 6.54 Å². The number of esters is 1. The summed E-state index contributed by atoms with van der Waals surface area (Å²) in [5.41, 5.74) is -0.527. The van der Waals surface area contributed by atoms with E-state index in [1.807, 2.05) is 0 Å². The fourth-order valence-electron chi connectivity index (χ4n) is 1.16. The Morgan fingerprint density at radius 3 is 2.18 bits per heavy atom. The molecule has 9 heteroatoms. The zero-order chi connectivity index (χ0) is 17.3. The lowest BCUT2D eigenvalue weighted by molar-refractivity contribution is -0.156. The van der Waals surface area contributed by atoms with Crippen LogP contribution in [0.5, 0.6) is 0 Å². The van der Waals surface area contributed by atoms with E-state index in [0.717, 1.165) is 0 Å². The third-order valence-corrected chi connectivity index (χ3v) is 4.01. The Morgan fingerprint density at radius 1 is 1.09 bits per heavy atom. The molecule has 2 N–H and O–H groups in total. The number of halogens is 2. The van der Waals surface area contributed by atoms with E-state index in [4.69, 9.17) is 14.6 Å². The molecule has 0 spiro atoms. The van der Waals surface area contributed by atoms with Gasteiger partial charge in [0.1, 0.15) is 14.6 Å². The van der Waals surface area contributed by atoms with Crippen molar-refractivity contribution in [1.29, 1.82) is 0 Å². The van der Waals surface area contributed by atoms with Gasteiger partial charge in [-0.05, 0) is 52.6 Å². The van der Waals surface area contributed by atoms with Gasteiger partial charge >= 0.3 is 11.9 Å². The Kier molecular flexibility index (Phi) is 9.54. The number of hydrogen-bond acceptors (Lipinski definition) is 5. The fourth-order valence-corrected chi connectivity index (χ4v) is 1.65. The number of carboxylic acid groups (broad SMARTS) is 1. The number of carbonyl (C=O) groups is 3. The molecule has 0 atom stereocenters. The number of hydrogen-bond donors (Lipinski definition) is 2. The molecule has 0 fully saturated rings. The quantitative estimate of drug-likeness (QED) is 0.337. The fraction of sp³-hybridized carbons (Fsp3) is 0.615. The molecule has 7 nitrogen and oxygen atoms in total. The molecule has 22 heavy (non-hydrogen) atoms. The lowest BCUT2D eigenvalue weighted by Gasteiger charge is -2.19. The van der Waals surface area contributed by atoms with Gasteiger partial charge in [-0.25, -0.2) is 4.79 Å². The van der Waals surface area contributed by atoms with E-state index in [0.29, 0.717) is 0 Å². The summed E-state index contributed by atoms with van der Waals surface area (Å²) in [7, 11) is 0. The molecule has 0 aromatic carbocycles. The molecule has 0 unspecified atom stereocenters. The summed E-state index contributed by atoms with van der Waals surface area (Å²) >= 11 is 5.65. The Bertz CT molecular complexity index is 456. The molecule has 126 valence electrons. The van der Waals surface area contributed by atoms with E-state index in [9.17, 15) is 14.4 Å². The summed E-state index contributed by atoms with van der Waals surface area (Å²) in [6, 6.07) is 0. The molecule has 0 bridgehead atoms. The van der Waals surface area contributed by atoms with Crippen molar-refractivity contribution in [3.05, 3.63) is 8.96 Å². The van der Waals surface area contributed by atoms with E-state index in [-0.39, 0.29) is 41.1 Å². The highest BCUT2D eigenvalue weighted by Crippen LogP contribution is 2.18. The van der Waals surface area contributed by atoms with Crippen LogP contribution in [0, 0.1) is 0 Å². The van der Waals surface area contributed by atoms with E-state index < -0.39 is 17.5 Å². The van der Waals surface area contributed by atoms with Gasteiger partial charge in [0.05, 0.1) is 19.6 Å². The average Bonchev–Trinajstić information content (AvgIpc) is 2.38. The molecule has 0 aliphatic heterocycles. The second-order valence-electron chi connectivity index (χ2n) is 5.14. The predicted octanol–water partition coefficient (Wildman–Crippen LogP) is 1.94. The average molecular weight is 445 g/mol. The second-order valence-corrected chi connectivity index (χ2v) is 6.72. The molecule has 0 aromatic rings. The Hall–Kier alpha value is -0.930. The first-order valence-electron chi connectivity index (χ1n) is 6.41. The third kappa shape index (κ3) is 9.91.